The van der Waals surface area contributed by atoms with Crippen molar-refractivity contribution in [1.29, 1.82) is 0 Å². The lowest BCUT2D eigenvalue weighted by molar-refractivity contribution is 0.350. The average Bonchev–Trinajstić information content (AvgIpc) is 3.08. The maximum Gasteiger partial charge on any atom is 0.126 e. The van der Waals surface area contributed by atoms with Gasteiger partial charge >= 0.3 is 0 Å². The molecule has 1 saturated carbocycles. The Balaban J connectivity index is 2.10. The van der Waals surface area contributed by atoms with Crippen LogP contribution in [0.25, 0.3) is 0 Å². The summed E-state index contributed by atoms with van der Waals surface area (Å²) in [5.74, 6) is -0.662. The van der Waals surface area contributed by atoms with Crippen LogP contribution in [0.1, 0.15) is 38.7 Å². The maximum atomic E-state index is 13.7. The predicted octanol–water partition coefficient (Wildman–Crippen LogP) is 3.68. The van der Waals surface area contributed by atoms with E-state index < -0.39 is 0 Å². The van der Waals surface area contributed by atoms with Gasteiger partial charge in [-0.05, 0) is 61.4 Å². The van der Waals surface area contributed by atoms with Crippen LogP contribution in [0.15, 0.2) is 18.2 Å². The molecule has 0 aromatic heterocycles. The molecule has 0 heterocycles. The molecule has 0 aliphatic heterocycles. The Morgan fingerprint density at radius 2 is 2.06 bits per heavy atom. The quantitative estimate of drug-likeness (QED) is 0.815. The smallest absolute Gasteiger partial charge is 0.126 e. The van der Waals surface area contributed by atoms with Gasteiger partial charge in [-0.25, -0.2) is 8.78 Å². The van der Waals surface area contributed by atoms with Gasteiger partial charge in [0.05, 0.1) is 0 Å². The van der Waals surface area contributed by atoms with Crippen LogP contribution in [0.3, 0.4) is 0 Å². The van der Waals surface area contributed by atoms with Crippen LogP contribution in [0.5, 0.6) is 0 Å². The highest BCUT2D eigenvalue weighted by Gasteiger charge is 2.44. The second kappa shape index (κ2) is 5.35. The first kappa shape index (κ1) is 13.5. The molecule has 0 bridgehead atoms. The van der Waals surface area contributed by atoms with Crippen molar-refractivity contribution in [3.05, 3.63) is 35.4 Å². The Hall–Kier alpha value is -0.960. The minimum absolute atomic E-state index is 0.244. The van der Waals surface area contributed by atoms with Crippen molar-refractivity contribution in [2.45, 2.75) is 45.6 Å². The van der Waals surface area contributed by atoms with Crippen LogP contribution < -0.4 is 5.32 Å². The summed E-state index contributed by atoms with van der Waals surface area (Å²) >= 11 is 0. The predicted molar refractivity (Wildman–Crippen MR) is 69.5 cm³/mol. The number of benzene rings is 1. The van der Waals surface area contributed by atoms with Crippen LogP contribution in [0.2, 0.25) is 0 Å². The average molecular weight is 253 g/mol. The molecule has 1 fully saturated rings. The van der Waals surface area contributed by atoms with Crippen LogP contribution in [0.4, 0.5) is 8.78 Å². The fraction of sp³-hybridized carbons (Fsp3) is 0.600. The molecule has 1 aliphatic carbocycles. The molecule has 3 heteroatoms. The van der Waals surface area contributed by atoms with Crippen molar-refractivity contribution in [2.75, 3.05) is 6.54 Å². The van der Waals surface area contributed by atoms with Gasteiger partial charge in [0.2, 0.25) is 0 Å². The van der Waals surface area contributed by atoms with E-state index in [-0.39, 0.29) is 23.1 Å². The molecule has 2 rings (SSSR count). The molecule has 1 atom stereocenters. The molecule has 100 valence electrons. The van der Waals surface area contributed by atoms with E-state index in [0.717, 1.165) is 13.0 Å². The molecule has 0 spiro atoms. The summed E-state index contributed by atoms with van der Waals surface area (Å²) in [4.78, 5) is 0. The molecule has 1 unspecified atom stereocenters. The van der Waals surface area contributed by atoms with Crippen molar-refractivity contribution in [3.8, 4) is 0 Å². The van der Waals surface area contributed by atoms with E-state index in [2.05, 4.69) is 19.2 Å². The van der Waals surface area contributed by atoms with E-state index in [9.17, 15) is 8.78 Å². The first-order valence-corrected chi connectivity index (χ1v) is 6.72. The highest BCUT2D eigenvalue weighted by atomic mass is 19.1. The monoisotopic (exact) mass is 253 g/mol. The molecule has 1 aromatic carbocycles. The second-order valence-electron chi connectivity index (χ2n) is 5.60. The summed E-state index contributed by atoms with van der Waals surface area (Å²) in [5.41, 5.74) is 0.741. The highest BCUT2D eigenvalue weighted by molar-refractivity contribution is 5.21. The lowest BCUT2D eigenvalue weighted by Gasteiger charge is -2.25. The Labute approximate surface area is 108 Å². The third-order valence-electron chi connectivity index (χ3n) is 3.95. The molecule has 1 aromatic rings. The van der Waals surface area contributed by atoms with Crippen LogP contribution in [0, 0.1) is 17.0 Å². The summed E-state index contributed by atoms with van der Waals surface area (Å²) < 4.78 is 26.8. The first-order chi connectivity index (χ1) is 8.55. The van der Waals surface area contributed by atoms with E-state index in [1.54, 1.807) is 0 Å². The van der Waals surface area contributed by atoms with Crippen LogP contribution in [-0.2, 0) is 6.42 Å². The Morgan fingerprint density at radius 3 is 2.67 bits per heavy atom. The van der Waals surface area contributed by atoms with E-state index >= 15 is 0 Å². The minimum atomic E-state index is -0.360. The van der Waals surface area contributed by atoms with Gasteiger partial charge in [-0.2, -0.15) is 0 Å². The van der Waals surface area contributed by atoms with Crippen molar-refractivity contribution in [1.82, 2.24) is 5.32 Å². The standard InChI is InChI=1S/C15H21F2N/c1-3-8-18-14(15(2)6-7-15)10-11-9-12(16)4-5-13(11)17/h4-5,9,14,18H,3,6-8,10H2,1-2H3. The summed E-state index contributed by atoms with van der Waals surface area (Å²) in [6.07, 6.45) is 3.97. The summed E-state index contributed by atoms with van der Waals surface area (Å²) in [5, 5.41) is 3.48. The first-order valence-electron chi connectivity index (χ1n) is 6.72. The maximum absolute atomic E-state index is 13.7. The Morgan fingerprint density at radius 1 is 1.33 bits per heavy atom. The van der Waals surface area contributed by atoms with Crippen molar-refractivity contribution in [3.63, 3.8) is 0 Å². The summed E-state index contributed by atoms with van der Waals surface area (Å²) in [7, 11) is 0. The number of rotatable bonds is 6. The Bertz CT molecular complexity index is 413. The lowest BCUT2D eigenvalue weighted by Crippen LogP contribution is -2.38. The highest BCUT2D eigenvalue weighted by Crippen LogP contribution is 2.49. The number of hydrogen-bond donors (Lipinski definition) is 1. The van der Waals surface area contributed by atoms with Gasteiger partial charge in [-0.1, -0.05) is 13.8 Å². The normalized spacial score (nSPS) is 18.7. The molecule has 0 amide bonds. The van der Waals surface area contributed by atoms with E-state index in [4.69, 9.17) is 0 Å². The van der Waals surface area contributed by atoms with Crippen molar-refractivity contribution >= 4 is 0 Å². The van der Waals surface area contributed by atoms with Gasteiger partial charge in [0.25, 0.3) is 0 Å². The second-order valence-corrected chi connectivity index (χ2v) is 5.60. The van der Waals surface area contributed by atoms with Crippen LogP contribution >= 0.6 is 0 Å². The van der Waals surface area contributed by atoms with Crippen LogP contribution in [-0.4, -0.2) is 12.6 Å². The third kappa shape index (κ3) is 3.08. The van der Waals surface area contributed by atoms with Gasteiger partial charge < -0.3 is 5.32 Å². The number of hydrogen-bond acceptors (Lipinski definition) is 1. The van der Waals surface area contributed by atoms with E-state index in [1.165, 1.54) is 31.0 Å². The number of nitrogens with one attached hydrogen (secondary N) is 1. The molecule has 1 nitrogen and oxygen atoms in total. The summed E-state index contributed by atoms with van der Waals surface area (Å²) in [6, 6.07) is 3.96. The van der Waals surface area contributed by atoms with Gasteiger partial charge in [-0.15, -0.1) is 0 Å². The molecule has 1 N–H and O–H groups in total. The molecule has 0 saturated heterocycles. The van der Waals surface area contributed by atoms with Gasteiger partial charge in [0.1, 0.15) is 11.6 Å². The fourth-order valence-corrected chi connectivity index (χ4v) is 2.35. The van der Waals surface area contributed by atoms with Crippen molar-refractivity contribution < 1.29 is 8.78 Å². The molecule has 18 heavy (non-hydrogen) atoms. The zero-order valence-electron chi connectivity index (χ0n) is 11.1. The molecular formula is C15H21F2N. The van der Waals surface area contributed by atoms with Gasteiger partial charge in [0, 0.05) is 6.04 Å². The molecule has 1 aliphatic rings. The third-order valence-corrected chi connectivity index (χ3v) is 3.95. The van der Waals surface area contributed by atoms with E-state index in [1.807, 2.05) is 0 Å². The number of halogens is 2. The largest absolute Gasteiger partial charge is 0.313 e. The summed E-state index contributed by atoms with van der Waals surface area (Å²) in [6.45, 7) is 5.26. The molecular weight excluding hydrogens is 232 g/mol. The Kier molecular flexibility index (Phi) is 4.00. The zero-order chi connectivity index (χ0) is 13.2. The topological polar surface area (TPSA) is 12.0 Å². The SMILES string of the molecule is CCCNC(Cc1cc(F)ccc1F)C1(C)CC1. The van der Waals surface area contributed by atoms with Gasteiger partial charge in [-0.3, -0.25) is 0 Å². The fourth-order valence-electron chi connectivity index (χ4n) is 2.35. The van der Waals surface area contributed by atoms with Crippen molar-refractivity contribution in [2.24, 2.45) is 5.41 Å². The molecule has 0 radical (unpaired) electrons. The lowest BCUT2D eigenvalue weighted by atomic mass is 9.92. The zero-order valence-corrected chi connectivity index (χ0v) is 11.1. The van der Waals surface area contributed by atoms with Gasteiger partial charge in [0.15, 0.2) is 0 Å². The van der Waals surface area contributed by atoms with E-state index in [0.29, 0.717) is 12.0 Å². The minimum Gasteiger partial charge on any atom is -0.313 e.